The minimum absolute atomic E-state index is 0.0948. The second kappa shape index (κ2) is 7.39. The fraction of sp³-hybridized carbons (Fsp3) is 0.533. The molecular formula is C15H22ClNO3. The molecule has 1 aromatic rings. The Morgan fingerprint density at radius 3 is 2.60 bits per heavy atom. The van der Waals surface area contributed by atoms with Crippen LogP contribution in [-0.2, 0) is 4.79 Å². The van der Waals surface area contributed by atoms with Gasteiger partial charge in [-0.3, -0.25) is 4.79 Å². The highest BCUT2D eigenvalue weighted by atomic mass is 35.5. The number of aryl methyl sites for hydroxylation is 1. The topological polar surface area (TPSA) is 49.8 Å². The highest BCUT2D eigenvalue weighted by Gasteiger charge is 2.16. The molecule has 0 fully saturated rings. The summed E-state index contributed by atoms with van der Waals surface area (Å²) >= 11 is 6.11. The first-order valence-corrected chi connectivity index (χ1v) is 7.03. The number of hydrogen-bond donors (Lipinski definition) is 1. The molecule has 0 aliphatic carbocycles. The molecule has 112 valence electrons. The van der Waals surface area contributed by atoms with Gasteiger partial charge in [-0.15, -0.1) is 0 Å². The summed E-state index contributed by atoms with van der Waals surface area (Å²) in [5, 5.41) is 9.54. The van der Waals surface area contributed by atoms with E-state index in [0.717, 1.165) is 17.8 Å². The van der Waals surface area contributed by atoms with Crippen LogP contribution in [-0.4, -0.2) is 31.3 Å². The molecule has 0 bridgehead atoms. The third-order valence-electron chi connectivity index (χ3n) is 2.98. The summed E-state index contributed by atoms with van der Waals surface area (Å²) in [6.07, 6.45) is 0.0948. The van der Waals surface area contributed by atoms with Crippen molar-refractivity contribution in [1.29, 1.82) is 0 Å². The Bertz CT molecular complexity index is 474. The first-order valence-electron chi connectivity index (χ1n) is 6.66. The van der Waals surface area contributed by atoms with E-state index in [1.807, 2.05) is 17.9 Å². The van der Waals surface area contributed by atoms with Gasteiger partial charge in [-0.05, 0) is 24.5 Å². The number of ether oxygens (including phenoxy) is 1. The molecule has 0 radical (unpaired) electrons. The summed E-state index contributed by atoms with van der Waals surface area (Å²) < 4.78 is 5.38. The molecule has 0 saturated heterocycles. The maximum absolute atomic E-state index is 10.8. The number of methoxy groups -OCH3 is 1. The molecule has 0 unspecified atom stereocenters. The van der Waals surface area contributed by atoms with Gasteiger partial charge in [-0.2, -0.15) is 0 Å². The maximum Gasteiger partial charge on any atom is 0.305 e. The molecule has 20 heavy (non-hydrogen) atoms. The first-order chi connectivity index (χ1) is 9.35. The van der Waals surface area contributed by atoms with Crippen LogP contribution in [0.2, 0.25) is 5.02 Å². The number of rotatable bonds is 7. The van der Waals surface area contributed by atoms with Crippen molar-refractivity contribution in [3.05, 3.63) is 22.7 Å². The van der Waals surface area contributed by atoms with Crippen LogP contribution < -0.4 is 9.64 Å². The molecule has 0 aliphatic heterocycles. The first kappa shape index (κ1) is 16.6. The van der Waals surface area contributed by atoms with E-state index < -0.39 is 5.97 Å². The largest absolute Gasteiger partial charge is 0.495 e. The Morgan fingerprint density at radius 2 is 2.10 bits per heavy atom. The maximum atomic E-state index is 10.8. The number of hydrogen-bond acceptors (Lipinski definition) is 3. The van der Waals surface area contributed by atoms with Crippen LogP contribution in [0.5, 0.6) is 5.75 Å². The van der Waals surface area contributed by atoms with Crippen LogP contribution in [0, 0.1) is 12.8 Å². The lowest BCUT2D eigenvalue weighted by Crippen LogP contribution is -2.30. The van der Waals surface area contributed by atoms with E-state index >= 15 is 0 Å². The molecule has 1 aromatic carbocycles. The van der Waals surface area contributed by atoms with Gasteiger partial charge in [0.05, 0.1) is 19.2 Å². The molecule has 0 heterocycles. The van der Waals surface area contributed by atoms with Gasteiger partial charge in [0.2, 0.25) is 0 Å². The predicted octanol–water partition coefficient (Wildman–Crippen LogP) is 3.59. The van der Waals surface area contributed by atoms with Crippen molar-refractivity contribution < 1.29 is 14.6 Å². The highest BCUT2D eigenvalue weighted by Crippen LogP contribution is 2.34. The molecule has 0 aliphatic rings. The Labute approximate surface area is 125 Å². The molecular weight excluding hydrogens is 278 g/mol. The quantitative estimate of drug-likeness (QED) is 0.836. The number of carboxylic acid groups (broad SMARTS) is 1. The van der Waals surface area contributed by atoms with Crippen LogP contribution >= 0.6 is 11.6 Å². The molecule has 0 amide bonds. The van der Waals surface area contributed by atoms with Gasteiger partial charge in [0.15, 0.2) is 0 Å². The Morgan fingerprint density at radius 1 is 1.45 bits per heavy atom. The molecule has 0 atom stereocenters. The van der Waals surface area contributed by atoms with Crippen molar-refractivity contribution in [3.63, 3.8) is 0 Å². The number of nitrogens with zero attached hydrogens (tertiary/aromatic N) is 1. The number of carboxylic acids is 1. The Hall–Kier alpha value is -1.42. The summed E-state index contributed by atoms with van der Waals surface area (Å²) in [7, 11) is 1.59. The lowest BCUT2D eigenvalue weighted by Gasteiger charge is -2.28. The second-order valence-corrected chi connectivity index (χ2v) is 5.66. The fourth-order valence-corrected chi connectivity index (χ4v) is 2.19. The Kier molecular flexibility index (Phi) is 6.14. The van der Waals surface area contributed by atoms with Crippen molar-refractivity contribution in [3.8, 4) is 5.75 Å². The van der Waals surface area contributed by atoms with Crippen molar-refractivity contribution >= 4 is 23.3 Å². The standard InChI is InChI=1S/C15H22ClNO3/c1-10(2)9-17(6-5-15(18)19)13-7-11(3)12(16)8-14(13)20-4/h7-8,10H,5-6,9H2,1-4H3,(H,18,19). The summed E-state index contributed by atoms with van der Waals surface area (Å²) in [6, 6.07) is 3.73. The summed E-state index contributed by atoms with van der Waals surface area (Å²) in [6.45, 7) is 7.34. The van der Waals surface area contributed by atoms with Gasteiger partial charge in [0, 0.05) is 24.2 Å². The zero-order valence-electron chi connectivity index (χ0n) is 12.4. The Balaban J connectivity index is 3.10. The van der Waals surface area contributed by atoms with Crippen LogP contribution in [0.1, 0.15) is 25.8 Å². The zero-order chi connectivity index (χ0) is 15.3. The molecule has 0 saturated carbocycles. The molecule has 4 nitrogen and oxygen atoms in total. The smallest absolute Gasteiger partial charge is 0.305 e. The minimum atomic E-state index is -0.802. The van der Waals surface area contributed by atoms with E-state index in [9.17, 15) is 4.79 Å². The van der Waals surface area contributed by atoms with Gasteiger partial charge in [0.25, 0.3) is 0 Å². The third kappa shape index (κ3) is 4.60. The summed E-state index contributed by atoms with van der Waals surface area (Å²) in [5.41, 5.74) is 1.84. The van der Waals surface area contributed by atoms with E-state index in [0.29, 0.717) is 23.2 Å². The minimum Gasteiger partial charge on any atom is -0.495 e. The normalized spacial score (nSPS) is 10.7. The molecule has 5 heteroatoms. The lowest BCUT2D eigenvalue weighted by molar-refractivity contribution is -0.136. The van der Waals surface area contributed by atoms with Gasteiger partial charge >= 0.3 is 5.97 Å². The monoisotopic (exact) mass is 299 g/mol. The number of aliphatic carboxylic acids is 1. The van der Waals surface area contributed by atoms with Gasteiger partial charge in [-0.25, -0.2) is 0 Å². The molecule has 0 aromatic heterocycles. The SMILES string of the molecule is COc1cc(Cl)c(C)cc1N(CCC(=O)O)CC(C)C. The number of anilines is 1. The average molecular weight is 300 g/mol. The summed E-state index contributed by atoms with van der Waals surface area (Å²) in [4.78, 5) is 12.9. The predicted molar refractivity (Wildman–Crippen MR) is 82.0 cm³/mol. The zero-order valence-corrected chi connectivity index (χ0v) is 13.2. The third-order valence-corrected chi connectivity index (χ3v) is 3.39. The summed E-state index contributed by atoms with van der Waals surface area (Å²) in [5.74, 6) is 0.291. The second-order valence-electron chi connectivity index (χ2n) is 5.26. The average Bonchev–Trinajstić information content (AvgIpc) is 2.36. The van der Waals surface area contributed by atoms with E-state index in [4.69, 9.17) is 21.4 Å². The van der Waals surface area contributed by atoms with Gasteiger partial charge in [0.1, 0.15) is 5.75 Å². The number of benzene rings is 1. The van der Waals surface area contributed by atoms with Crippen molar-refractivity contribution in [2.45, 2.75) is 27.2 Å². The van der Waals surface area contributed by atoms with Crippen LogP contribution in [0.15, 0.2) is 12.1 Å². The van der Waals surface area contributed by atoms with E-state index in [1.165, 1.54) is 0 Å². The molecule has 1 N–H and O–H groups in total. The van der Waals surface area contributed by atoms with E-state index in [2.05, 4.69) is 13.8 Å². The van der Waals surface area contributed by atoms with Gasteiger partial charge in [-0.1, -0.05) is 25.4 Å². The highest BCUT2D eigenvalue weighted by molar-refractivity contribution is 6.31. The van der Waals surface area contributed by atoms with Crippen molar-refractivity contribution in [2.24, 2.45) is 5.92 Å². The van der Waals surface area contributed by atoms with E-state index in [-0.39, 0.29) is 6.42 Å². The lowest BCUT2D eigenvalue weighted by atomic mass is 10.1. The molecule has 1 rings (SSSR count). The van der Waals surface area contributed by atoms with Crippen LogP contribution in [0.4, 0.5) is 5.69 Å². The van der Waals surface area contributed by atoms with Crippen LogP contribution in [0.25, 0.3) is 0 Å². The fourth-order valence-electron chi connectivity index (χ4n) is 2.04. The van der Waals surface area contributed by atoms with Crippen molar-refractivity contribution in [1.82, 2.24) is 0 Å². The number of halogens is 1. The van der Waals surface area contributed by atoms with E-state index in [1.54, 1.807) is 13.2 Å². The van der Waals surface area contributed by atoms with Crippen molar-refractivity contribution in [2.75, 3.05) is 25.1 Å². The molecule has 0 spiro atoms. The van der Waals surface area contributed by atoms with Crippen LogP contribution in [0.3, 0.4) is 0 Å². The van der Waals surface area contributed by atoms with Gasteiger partial charge < -0.3 is 14.7 Å². The number of carbonyl (C=O) groups is 1.